The normalized spacial score (nSPS) is 12.6. The van der Waals surface area contributed by atoms with Gasteiger partial charge in [-0.3, -0.25) is 13.9 Å². The van der Waals surface area contributed by atoms with Crippen LogP contribution < -0.4 is 0 Å². The van der Waals surface area contributed by atoms with Crippen molar-refractivity contribution < 1.29 is 36.8 Å². The molecular weight excluding hydrogens is 346 g/mol. The number of esters is 1. The van der Waals surface area contributed by atoms with Crippen molar-refractivity contribution in [3.05, 3.63) is 0 Å². The highest BCUT2D eigenvalue weighted by Gasteiger charge is 2.50. The number of hydrogen-bond donors (Lipinski definition) is 0. The van der Waals surface area contributed by atoms with Crippen LogP contribution in [0, 0.1) is 0 Å². The summed E-state index contributed by atoms with van der Waals surface area (Å²) in [6.07, 6.45) is -0.156. The van der Waals surface area contributed by atoms with E-state index in [0.717, 1.165) is 0 Å². The number of hydrogen-bond acceptors (Lipinski definition) is 8. The Labute approximate surface area is 138 Å². The van der Waals surface area contributed by atoms with Crippen LogP contribution in [-0.2, 0) is 36.8 Å². The summed E-state index contributed by atoms with van der Waals surface area (Å²) >= 11 is 0. The number of methoxy groups -OCH3 is 1. The Morgan fingerprint density at radius 3 is 1.43 bits per heavy atom. The minimum Gasteiger partial charge on any atom is -0.469 e. The van der Waals surface area contributed by atoms with E-state index >= 15 is 0 Å². The lowest BCUT2D eigenvalue weighted by molar-refractivity contribution is -0.140. The smallest absolute Gasteiger partial charge is 0.345 e. The highest BCUT2D eigenvalue weighted by Crippen LogP contribution is 2.71. The molecule has 0 bridgehead atoms. The van der Waals surface area contributed by atoms with Crippen LogP contribution in [-0.4, -0.2) is 44.9 Å². The van der Waals surface area contributed by atoms with E-state index in [9.17, 15) is 13.9 Å². The van der Waals surface area contributed by atoms with Gasteiger partial charge < -0.3 is 22.8 Å². The fourth-order valence-electron chi connectivity index (χ4n) is 1.98. The summed E-state index contributed by atoms with van der Waals surface area (Å²) in [5, 5.41) is -1.19. The maximum Gasteiger partial charge on any atom is 0.345 e. The van der Waals surface area contributed by atoms with Crippen molar-refractivity contribution in [3.63, 3.8) is 0 Å². The molecule has 0 saturated carbocycles. The fourth-order valence-corrected chi connectivity index (χ4v) is 7.33. The molecule has 0 amide bonds. The summed E-state index contributed by atoms with van der Waals surface area (Å²) in [5.41, 5.74) is 0. The largest absolute Gasteiger partial charge is 0.469 e. The van der Waals surface area contributed by atoms with Gasteiger partial charge in [-0.1, -0.05) is 0 Å². The number of ether oxygens (including phenoxy) is 1. The van der Waals surface area contributed by atoms with Crippen molar-refractivity contribution in [1.29, 1.82) is 0 Å². The van der Waals surface area contributed by atoms with Crippen molar-refractivity contribution in [3.8, 4) is 0 Å². The molecule has 0 saturated heterocycles. The molecule has 138 valence electrons. The fraction of sp³-hybridized carbons (Fsp3) is 0.923. The molecule has 10 heteroatoms. The van der Waals surface area contributed by atoms with Gasteiger partial charge in [0.05, 0.1) is 33.5 Å². The molecule has 0 unspecified atom stereocenters. The number of carbonyl (C=O) groups excluding carboxylic acids is 1. The Hall–Kier alpha value is -0.230. The Balaban J connectivity index is 5.69. The standard InChI is InChI=1S/C13H28O8P2/c1-6-18-22(15,19-7-2)13(11-10-12(14)17-5)23(16,20-8-3)21-9-4/h13H,6-11H2,1-5H3. The molecule has 0 rings (SSSR count). The molecule has 0 fully saturated rings. The third-order valence-corrected chi connectivity index (χ3v) is 8.95. The molecule has 0 aliphatic rings. The Bertz CT molecular complexity index is 390. The van der Waals surface area contributed by atoms with Gasteiger partial charge in [0.25, 0.3) is 0 Å². The first-order valence-electron chi connectivity index (χ1n) is 7.67. The Morgan fingerprint density at radius 2 is 1.17 bits per heavy atom. The Morgan fingerprint density at radius 1 is 0.826 bits per heavy atom. The monoisotopic (exact) mass is 374 g/mol. The van der Waals surface area contributed by atoms with E-state index in [0.29, 0.717) is 0 Å². The van der Waals surface area contributed by atoms with Crippen LogP contribution in [0.1, 0.15) is 40.5 Å². The predicted molar refractivity (Wildman–Crippen MR) is 86.8 cm³/mol. The number of rotatable bonds is 13. The van der Waals surface area contributed by atoms with E-state index in [4.69, 9.17) is 18.1 Å². The molecule has 0 atom stereocenters. The molecule has 0 aliphatic heterocycles. The van der Waals surface area contributed by atoms with E-state index in [1.807, 2.05) is 0 Å². The molecule has 0 aromatic heterocycles. The number of carbonyl (C=O) groups is 1. The van der Waals surface area contributed by atoms with Crippen molar-refractivity contribution >= 4 is 21.2 Å². The first-order chi connectivity index (χ1) is 10.8. The summed E-state index contributed by atoms with van der Waals surface area (Å²) in [5.74, 6) is -0.519. The maximum absolute atomic E-state index is 13.1. The van der Waals surface area contributed by atoms with Gasteiger partial charge in [-0.25, -0.2) is 0 Å². The quantitative estimate of drug-likeness (QED) is 0.355. The summed E-state index contributed by atoms with van der Waals surface area (Å²) in [7, 11) is -6.35. The van der Waals surface area contributed by atoms with Gasteiger partial charge in [0.2, 0.25) is 0 Å². The van der Waals surface area contributed by atoms with Crippen LogP contribution in [0.3, 0.4) is 0 Å². The SMILES string of the molecule is CCOP(=O)(OCC)C(CCC(=O)OC)P(=O)(OCC)OCC. The summed E-state index contributed by atoms with van der Waals surface area (Å²) in [6, 6.07) is 0. The molecular formula is C13H28O8P2. The van der Waals surface area contributed by atoms with Crippen LogP contribution >= 0.6 is 15.2 Å². The average Bonchev–Trinajstić information content (AvgIpc) is 2.47. The topological polar surface area (TPSA) is 97.4 Å². The van der Waals surface area contributed by atoms with Crippen molar-refractivity contribution in [2.24, 2.45) is 0 Å². The predicted octanol–water partition coefficient (Wildman–Crippen LogP) is 3.80. The highest BCUT2D eigenvalue weighted by atomic mass is 31.2. The molecule has 8 nitrogen and oxygen atoms in total. The van der Waals surface area contributed by atoms with Gasteiger partial charge in [0.15, 0.2) is 5.40 Å². The molecule has 0 aromatic rings. The van der Waals surface area contributed by atoms with Crippen molar-refractivity contribution in [2.45, 2.75) is 45.9 Å². The molecule has 0 spiro atoms. The van der Waals surface area contributed by atoms with Gasteiger partial charge >= 0.3 is 21.2 Å². The lowest BCUT2D eigenvalue weighted by Crippen LogP contribution is -2.19. The van der Waals surface area contributed by atoms with Crippen molar-refractivity contribution in [2.75, 3.05) is 33.5 Å². The van der Waals surface area contributed by atoms with E-state index in [1.54, 1.807) is 27.7 Å². The second-order valence-electron chi connectivity index (χ2n) is 4.35. The third kappa shape index (κ3) is 7.04. The molecule has 23 heavy (non-hydrogen) atoms. The van der Waals surface area contributed by atoms with Gasteiger partial charge in [0.1, 0.15) is 0 Å². The van der Waals surface area contributed by atoms with Gasteiger partial charge in [-0.05, 0) is 34.1 Å². The van der Waals surface area contributed by atoms with E-state index < -0.39 is 26.6 Å². The van der Waals surface area contributed by atoms with E-state index in [1.165, 1.54) is 7.11 Å². The van der Waals surface area contributed by atoms with Crippen LogP contribution in [0.5, 0.6) is 0 Å². The molecule has 0 N–H and O–H groups in total. The van der Waals surface area contributed by atoms with Crippen LogP contribution in [0.2, 0.25) is 0 Å². The Kier molecular flexibility index (Phi) is 11.2. The molecule has 0 radical (unpaired) electrons. The van der Waals surface area contributed by atoms with Crippen LogP contribution in [0.4, 0.5) is 0 Å². The van der Waals surface area contributed by atoms with Gasteiger partial charge in [-0.2, -0.15) is 0 Å². The maximum atomic E-state index is 13.1. The van der Waals surface area contributed by atoms with Crippen molar-refractivity contribution in [1.82, 2.24) is 0 Å². The first-order valence-corrected chi connectivity index (χ1v) is 10.9. The summed E-state index contributed by atoms with van der Waals surface area (Å²) < 4.78 is 51.9. The van der Waals surface area contributed by atoms with Crippen LogP contribution in [0.25, 0.3) is 0 Å². The minimum atomic E-state index is -3.80. The van der Waals surface area contributed by atoms with E-state index in [2.05, 4.69) is 4.74 Å². The highest BCUT2D eigenvalue weighted by molar-refractivity contribution is 7.72. The second-order valence-corrected chi connectivity index (χ2v) is 9.19. The van der Waals surface area contributed by atoms with Gasteiger partial charge in [0, 0.05) is 6.42 Å². The zero-order chi connectivity index (χ0) is 17.9. The van der Waals surface area contributed by atoms with Crippen LogP contribution in [0.15, 0.2) is 0 Å². The summed E-state index contributed by atoms with van der Waals surface area (Å²) in [6.45, 7) is 7.00. The molecule has 0 aliphatic carbocycles. The van der Waals surface area contributed by atoms with Gasteiger partial charge in [-0.15, -0.1) is 0 Å². The molecule has 0 aromatic carbocycles. The van der Waals surface area contributed by atoms with E-state index in [-0.39, 0.29) is 39.3 Å². The lowest BCUT2D eigenvalue weighted by Gasteiger charge is -2.31. The summed E-state index contributed by atoms with van der Waals surface area (Å²) in [4.78, 5) is 11.4. The average molecular weight is 374 g/mol. The zero-order valence-electron chi connectivity index (χ0n) is 14.5. The zero-order valence-corrected chi connectivity index (χ0v) is 16.3. The second kappa shape index (κ2) is 11.3. The lowest BCUT2D eigenvalue weighted by atomic mass is 10.3. The third-order valence-electron chi connectivity index (χ3n) is 2.80. The molecule has 0 heterocycles. The first kappa shape index (κ1) is 22.8. The minimum absolute atomic E-state index is 0.0543.